The second kappa shape index (κ2) is 8.13. The molecule has 0 unspecified atom stereocenters. The maximum absolute atomic E-state index is 11.8. The molecule has 27 heavy (non-hydrogen) atoms. The lowest BCUT2D eigenvalue weighted by Gasteiger charge is -2.52. The summed E-state index contributed by atoms with van der Waals surface area (Å²) < 4.78 is 10.4. The third-order valence-corrected chi connectivity index (χ3v) is 5.73. The Morgan fingerprint density at radius 1 is 1.37 bits per heavy atom. The summed E-state index contributed by atoms with van der Waals surface area (Å²) in [6.45, 7) is 5.19. The molecule has 1 amide bonds. The maximum Gasteiger partial charge on any atom is 0.246 e. The summed E-state index contributed by atoms with van der Waals surface area (Å²) in [6.07, 6.45) is 1.82. The minimum Gasteiger partial charge on any atom is -0.375 e. The number of carbonyl (C=O) groups is 1. The lowest BCUT2D eigenvalue weighted by molar-refractivity contribution is -0.129. The molecule has 6 heteroatoms. The number of ether oxygens (including phenoxy) is 1. The van der Waals surface area contributed by atoms with E-state index in [1.54, 1.807) is 0 Å². The number of carbonyl (C=O) groups excluding carboxylic acids is 1. The number of para-hydroxylation sites is 1. The van der Waals surface area contributed by atoms with Crippen molar-refractivity contribution in [2.45, 2.75) is 39.3 Å². The van der Waals surface area contributed by atoms with Gasteiger partial charge in [0.25, 0.3) is 0 Å². The fourth-order valence-corrected chi connectivity index (χ4v) is 3.76. The smallest absolute Gasteiger partial charge is 0.246 e. The molecule has 0 saturated heterocycles. The highest BCUT2D eigenvalue weighted by molar-refractivity contribution is 5.77. The average molecular weight is 371 g/mol. The summed E-state index contributed by atoms with van der Waals surface area (Å²) in [5.74, 6) is 1.27. The first-order chi connectivity index (χ1) is 12.9. The molecule has 1 N–H and O–H groups in total. The van der Waals surface area contributed by atoms with Gasteiger partial charge in [-0.25, -0.2) is 0 Å². The van der Waals surface area contributed by atoms with Crippen LogP contribution in [0.2, 0.25) is 0 Å². The minimum absolute atomic E-state index is 0.0311. The van der Waals surface area contributed by atoms with Crippen molar-refractivity contribution in [3.8, 4) is 0 Å². The third-order valence-electron chi connectivity index (χ3n) is 5.73. The van der Waals surface area contributed by atoms with Gasteiger partial charge < -0.3 is 19.5 Å². The van der Waals surface area contributed by atoms with Crippen LogP contribution in [0.15, 0.2) is 40.9 Å². The number of hydrogen-bond donors (Lipinski definition) is 1. The van der Waals surface area contributed by atoms with Crippen LogP contribution in [0.1, 0.15) is 31.7 Å². The number of rotatable bonds is 8. The zero-order valence-corrected chi connectivity index (χ0v) is 16.6. The van der Waals surface area contributed by atoms with Gasteiger partial charge in [-0.3, -0.25) is 4.79 Å². The lowest BCUT2D eigenvalue weighted by atomic mass is 9.57. The Morgan fingerprint density at radius 2 is 2.11 bits per heavy atom. The van der Waals surface area contributed by atoms with Crippen molar-refractivity contribution in [1.29, 1.82) is 0 Å². The predicted molar refractivity (Wildman–Crippen MR) is 104 cm³/mol. The number of amides is 1. The molecule has 0 radical (unpaired) electrons. The molecule has 6 nitrogen and oxygen atoms in total. The SMILES string of the molecule is COCC(=O)N[C@H]1C[C@@H](Cc2cc(CN(C)c3ccccc3)on2)C1(C)C. The average Bonchev–Trinajstić information content (AvgIpc) is 3.09. The Kier molecular flexibility index (Phi) is 5.85. The number of anilines is 1. The van der Waals surface area contributed by atoms with Gasteiger partial charge in [-0.05, 0) is 36.3 Å². The highest BCUT2D eigenvalue weighted by Crippen LogP contribution is 2.47. The van der Waals surface area contributed by atoms with Crippen LogP contribution < -0.4 is 10.2 Å². The van der Waals surface area contributed by atoms with E-state index < -0.39 is 0 Å². The van der Waals surface area contributed by atoms with Gasteiger partial charge in [-0.15, -0.1) is 0 Å². The van der Waals surface area contributed by atoms with Crippen LogP contribution in [0.4, 0.5) is 5.69 Å². The summed E-state index contributed by atoms with van der Waals surface area (Å²) in [7, 11) is 3.57. The van der Waals surface area contributed by atoms with E-state index >= 15 is 0 Å². The molecule has 1 aliphatic carbocycles. The molecule has 2 aromatic rings. The van der Waals surface area contributed by atoms with Crippen molar-refractivity contribution < 1.29 is 14.1 Å². The van der Waals surface area contributed by atoms with Gasteiger partial charge in [0.2, 0.25) is 5.91 Å². The van der Waals surface area contributed by atoms with Crippen molar-refractivity contribution in [2.24, 2.45) is 11.3 Å². The first-order valence-corrected chi connectivity index (χ1v) is 9.39. The van der Waals surface area contributed by atoms with E-state index in [2.05, 4.69) is 41.4 Å². The van der Waals surface area contributed by atoms with Gasteiger partial charge in [0.1, 0.15) is 6.61 Å². The van der Waals surface area contributed by atoms with Crippen molar-refractivity contribution in [3.63, 3.8) is 0 Å². The molecule has 2 atom stereocenters. The van der Waals surface area contributed by atoms with E-state index in [0.717, 1.165) is 30.0 Å². The zero-order chi connectivity index (χ0) is 19.4. The Morgan fingerprint density at radius 3 is 2.78 bits per heavy atom. The van der Waals surface area contributed by atoms with Crippen LogP contribution in [-0.4, -0.2) is 37.9 Å². The quantitative estimate of drug-likeness (QED) is 0.772. The second-order valence-corrected chi connectivity index (χ2v) is 7.99. The van der Waals surface area contributed by atoms with E-state index in [1.807, 2.05) is 31.3 Å². The number of benzene rings is 1. The van der Waals surface area contributed by atoms with E-state index in [-0.39, 0.29) is 24.0 Å². The van der Waals surface area contributed by atoms with Crippen LogP contribution in [-0.2, 0) is 22.5 Å². The molecule has 0 aliphatic heterocycles. The molecule has 3 rings (SSSR count). The van der Waals surface area contributed by atoms with Crippen LogP contribution in [0, 0.1) is 11.3 Å². The molecule has 0 spiro atoms. The Labute approximate surface area is 160 Å². The summed E-state index contributed by atoms with van der Waals surface area (Å²) in [5.41, 5.74) is 2.15. The van der Waals surface area contributed by atoms with Gasteiger partial charge in [0.05, 0.1) is 12.2 Å². The van der Waals surface area contributed by atoms with Crippen LogP contribution >= 0.6 is 0 Å². The number of hydrogen-bond acceptors (Lipinski definition) is 5. The molecule has 1 aromatic carbocycles. The second-order valence-electron chi connectivity index (χ2n) is 7.99. The molecule has 146 valence electrons. The number of nitrogens with one attached hydrogen (secondary N) is 1. The van der Waals surface area contributed by atoms with E-state index in [1.165, 1.54) is 7.11 Å². The van der Waals surface area contributed by atoms with Crippen molar-refractivity contribution in [1.82, 2.24) is 10.5 Å². The van der Waals surface area contributed by atoms with E-state index in [0.29, 0.717) is 12.5 Å². The molecular formula is C21H29N3O3. The standard InChI is InChI=1S/C21H29N3O3/c1-21(2)15(11-19(21)22-20(25)14-26-4)10-16-12-18(27-23-16)13-24(3)17-8-6-5-7-9-17/h5-9,12,15,19H,10-11,13-14H2,1-4H3,(H,22,25)/t15-,19+/m1/s1. The first-order valence-electron chi connectivity index (χ1n) is 9.39. The fraction of sp³-hybridized carbons (Fsp3) is 0.524. The summed E-state index contributed by atoms with van der Waals surface area (Å²) >= 11 is 0. The number of aromatic nitrogens is 1. The summed E-state index contributed by atoms with van der Waals surface area (Å²) in [4.78, 5) is 13.9. The molecule has 1 heterocycles. The Balaban J connectivity index is 1.53. The Hall–Kier alpha value is -2.34. The summed E-state index contributed by atoms with van der Waals surface area (Å²) in [5, 5.41) is 7.32. The van der Waals surface area contributed by atoms with Crippen molar-refractivity contribution in [2.75, 3.05) is 25.7 Å². The van der Waals surface area contributed by atoms with Gasteiger partial charge in [0, 0.05) is 32.0 Å². The lowest BCUT2D eigenvalue weighted by Crippen LogP contribution is -2.59. The van der Waals surface area contributed by atoms with E-state index in [9.17, 15) is 4.79 Å². The first kappa shape index (κ1) is 19.4. The molecule has 1 aliphatic rings. The highest BCUT2D eigenvalue weighted by Gasteiger charge is 2.48. The molecule has 1 fully saturated rings. The minimum atomic E-state index is -0.0540. The van der Waals surface area contributed by atoms with Crippen LogP contribution in [0.5, 0.6) is 0 Å². The largest absolute Gasteiger partial charge is 0.375 e. The van der Waals surface area contributed by atoms with Crippen molar-refractivity contribution >= 4 is 11.6 Å². The van der Waals surface area contributed by atoms with Gasteiger partial charge in [-0.1, -0.05) is 37.2 Å². The zero-order valence-electron chi connectivity index (χ0n) is 16.6. The van der Waals surface area contributed by atoms with Gasteiger partial charge >= 0.3 is 0 Å². The normalized spacial score (nSPS) is 20.7. The fourth-order valence-electron chi connectivity index (χ4n) is 3.76. The number of nitrogens with zero attached hydrogens (tertiary/aromatic N) is 2. The Bertz CT molecular complexity index is 757. The molecule has 1 aromatic heterocycles. The topological polar surface area (TPSA) is 67.6 Å². The van der Waals surface area contributed by atoms with Crippen molar-refractivity contribution in [3.05, 3.63) is 47.9 Å². The third kappa shape index (κ3) is 4.50. The maximum atomic E-state index is 11.8. The summed E-state index contributed by atoms with van der Waals surface area (Å²) in [6, 6.07) is 12.4. The predicted octanol–water partition coefficient (Wildman–Crippen LogP) is 3.03. The van der Waals surface area contributed by atoms with Crippen LogP contribution in [0.3, 0.4) is 0 Å². The number of methoxy groups -OCH3 is 1. The van der Waals surface area contributed by atoms with Gasteiger partial charge in [-0.2, -0.15) is 0 Å². The van der Waals surface area contributed by atoms with E-state index in [4.69, 9.17) is 9.26 Å². The monoisotopic (exact) mass is 371 g/mol. The molecule has 1 saturated carbocycles. The molecular weight excluding hydrogens is 342 g/mol. The highest BCUT2D eigenvalue weighted by atomic mass is 16.5. The van der Waals surface area contributed by atoms with Gasteiger partial charge in [0.15, 0.2) is 5.76 Å². The van der Waals surface area contributed by atoms with Crippen LogP contribution in [0.25, 0.3) is 0 Å². The molecule has 0 bridgehead atoms.